The molecule has 0 spiro atoms. The molecule has 0 aromatic carbocycles. The van der Waals surface area contributed by atoms with Gasteiger partial charge in [0.2, 0.25) is 0 Å². The number of aliphatic carboxylic acids is 1. The van der Waals surface area contributed by atoms with Gasteiger partial charge in [-0.25, -0.2) is 4.79 Å². The first-order chi connectivity index (χ1) is 9.97. The monoisotopic (exact) mass is 298 g/mol. The van der Waals surface area contributed by atoms with Gasteiger partial charge >= 0.3 is 12.0 Å². The van der Waals surface area contributed by atoms with Crippen molar-refractivity contribution in [1.29, 1.82) is 0 Å². The molecule has 1 saturated heterocycles. The van der Waals surface area contributed by atoms with E-state index in [1.54, 1.807) is 12.0 Å². The molecular formula is C15H26N2O4. The Bertz CT molecular complexity index is 391. The molecule has 6 nitrogen and oxygen atoms in total. The molecule has 2 aliphatic rings. The second kappa shape index (κ2) is 6.64. The zero-order chi connectivity index (χ0) is 15.5. The van der Waals surface area contributed by atoms with E-state index in [0.717, 1.165) is 19.3 Å². The van der Waals surface area contributed by atoms with Crippen molar-refractivity contribution in [2.75, 3.05) is 26.7 Å². The molecule has 1 saturated carbocycles. The van der Waals surface area contributed by atoms with Gasteiger partial charge in [0.15, 0.2) is 0 Å². The predicted octanol–water partition coefficient (Wildman–Crippen LogP) is 1.70. The predicted molar refractivity (Wildman–Crippen MR) is 78.1 cm³/mol. The molecule has 2 fully saturated rings. The molecule has 21 heavy (non-hydrogen) atoms. The third-order valence-electron chi connectivity index (χ3n) is 5.03. The zero-order valence-corrected chi connectivity index (χ0v) is 12.9. The van der Waals surface area contributed by atoms with E-state index in [4.69, 9.17) is 4.74 Å². The summed E-state index contributed by atoms with van der Waals surface area (Å²) in [6.07, 6.45) is 4.05. The molecule has 0 aromatic heterocycles. The van der Waals surface area contributed by atoms with Gasteiger partial charge in [0.1, 0.15) is 0 Å². The number of amides is 2. The number of rotatable bonds is 4. The molecule has 1 heterocycles. The van der Waals surface area contributed by atoms with Crippen LogP contribution in [0.1, 0.15) is 39.0 Å². The number of urea groups is 1. The Labute approximate surface area is 125 Å². The number of likely N-dealkylation sites (tertiary alicyclic amines) is 1. The van der Waals surface area contributed by atoms with Crippen LogP contribution in [-0.2, 0) is 9.53 Å². The van der Waals surface area contributed by atoms with Gasteiger partial charge in [0, 0.05) is 26.7 Å². The number of nitrogens with one attached hydrogen (secondary N) is 1. The van der Waals surface area contributed by atoms with Crippen LogP contribution in [0.15, 0.2) is 0 Å². The SMILES string of the molecule is COC1CCN(C(=O)NCC2(C(=O)O)CCC(C)CC2)C1. The molecule has 1 atom stereocenters. The molecule has 1 unspecified atom stereocenters. The highest BCUT2D eigenvalue weighted by Crippen LogP contribution is 2.38. The number of hydrogen-bond donors (Lipinski definition) is 2. The number of carbonyl (C=O) groups excluding carboxylic acids is 1. The van der Waals surface area contributed by atoms with Crippen molar-refractivity contribution in [1.82, 2.24) is 10.2 Å². The van der Waals surface area contributed by atoms with Gasteiger partial charge in [-0.3, -0.25) is 4.79 Å². The first kappa shape index (κ1) is 16.1. The minimum Gasteiger partial charge on any atom is -0.481 e. The minimum absolute atomic E-state index is 0.0970. The van der Waals surface area contributed by atoms with Gasteiger partial charge in [0.05, 0.1) is 11.5 Å². The van der Waals surface area contributed by atoms with Crippen LogP contribution in [0.4, 0.5) is 4.79 Å². The van der Waals surface area contributed by atoms with Crippen LogP contribution in [0.3, 0.4) is 0 Å². The minimum atomic E-state index is -0.789. The summed E-state index contributed by atoms with van der Waals surface area (Å²) in [5.74, 6) is -0.208. The summed E-state index contributed by atoms with van der Waals surface area (Å²) in [4.78, 5) is 25.5. The van der Waals surface area contributed by atoms with E-state index in [1.165, 1.54) is 0 Å². The summed E-state index contributed by atoms with van der Waals surface area (Å²) in [6, 6.07) is -0.172. The van der Waals surface area contributed by atoms with Crippen LogP contribution in [0.2, 0.25) is 0 Å². The van der Waals surface area contributed by atoms with Crippen LogP contribution in [0, 0.1) is 11.3 Å². The Kier molecular flexibility index (Phi) is 5.08. The van der Waals surface area contributed by atoms with Gasteiger partial charge in [0.25, 0.3) is 0 Å². The number of nitrogens with zero attached hydrogens (tertiary/aromatic N) is 1. The van der Waals surface area contributed by atoms with E-state index < -0.39 is 11.4 Å². The molecule has 0 bridgehead atoms. The van der Waals surface area contributed by atoms with E-state index in [9.17, 15) is 14.7 Å². The summed E-state index contributed by atoms with van der Waals surface area (Å²) in [5.41, 5.74) is -0.789. The van der Waals surface area contributed by atoms with Gasteiger partial charge in [-0.05, 0) is 38.0 Å². The highest BCUT2D eigenvalue weighted by molar-refractivity contribution is 5.78. The fourth-order valence-corrected chi connectivity index (χ4v) is 3.24. The van der Waals surface area contributed by atoms with Crippen molar-refractivity contribution in [3.05, 3.63) is 0 Å². The quantitative estimate of drug-likeness (QED) is 0.828. The Morgan fingerprint density at radius 3 is 2.52 bits per heavy atom. The second-order valence-corrected chi connectivity index (χ2v) is 6.52. The summed E-state index contributed by atoms with van der Waals surface area (Å²) in [6.45, 7) is 3.63. The maximum atomic E-state index is 12.1. The Hall–Kier alpha value is -1.30. The maximum absolute atomic E-state index is 12.1. The molecule has 2 N–H and O–H groups in total. The average molecular weight is 298 g/mol. The molecule has 2 amide bonds. The van der Waals surface area contributed by atoms with Crippen LogP contribution >= 0.6 is 0 Å². The first-order valence-electron chi connectivity index (χ1n) is 7.76. The molecular weight excluding hydrogens is 272 g/mol. The highest BCUT2D eigenvalue weighted by Gasteiger charge is 2.41. The third-order valence-corrected chi connectivity index (χ3v) is 5.03. The number of carboxylic acid groups (broad SMARTS) is 1. The van der Waals surface area contributed by atoms with E-state index >= 15 is 0 Å². The standard InChI is InChI=1S/C15H26N2O4/c1-11-3-6-15(7-4-11,13(18)19)10-16-14(20)17-8-5-12(9-17)21-2/h11-12H,3-10H2,1-2H3,(H,16,20)(H,18,19). The Balaban J connectivity index is 1.88. The van der Waals surface area contributed by atoms with Gasteiger partial charge in [-0.15, -0.1) is 0 Å². The Morgan fingerprint density at radius 1 is 1.33 bits per heavy atom. The molecule has 1 aliphatic carbocycles. The number of carbonyl (C=O) groups is 2. The normalized spacial score (nSPS) is 33.0. The van der Waals surface area contributed by atoms with Crippen molar-refractivity contribution in [3.8, 4) is 0 Å². The van der Waals surface area contributed by atoms with Crippen molar-refractivity contribution in [2.45, 2.75) is 45.1 Å². The summed E-state index contributed by atoms with van der Waals surface area (Å²) >= 11 is 0. The third kappa shape index (κ3) is 3.67. The van der Waals surface area contributed by atoms with E-state index in [-0.39, 0.29) is 18.7 Å². The number of ether oxygens (including phenoxy) is 1. The van der Waals surface area contributed by atoms with E-state index in [0.29, 0.717) is 31.8 Å². The zero-order valence-electron chi connectivity index (χ0n) is 12.9. The lowest BCUT2D eigenvalue weighted by atomic mass is 9.71. The van der Waals surface area contributed by atoms with Crippen LogP contribution < -0.4 is 5.32 Å². The number of hydrogen-bond acceptors (Lipinski definition) is 3. The molecule has 2 rings (SSSR count). The lowest BCUT2D eigenvalue weighted by molar-refractivity contribution is -0.151. The fourth-order valence-electron chi connectivity index (χ4n) is 3.24. The molecule has 0 radical (unpaired) electrons. The summed E-state index contributed by atoms with van der Waals surface area (Å²) in [5, 5.41) is 12.4. The largest absolute Gasteiger partial charge is 0.481 e. The summed E-state index contributed by atoms with van der Waals surface area (Å²) in [7, 11) is 1.65. The first-order valence-corrected chi connectivity index (χ1v) is 7.76. The van der Waals surface area contributed by atoms with E-state index in [1.807, 2.05) is 0 Å². The smallest absolute Gasteiger partial charge is 0.317 e. The molecule has 0 aromatic rings. The van der Waals surface area contributed by atoms with Gasteiger partial charge in [-0.1, -0.05) is 6.92 Å². The maximum Gasteiger partial charge on any atom is 0.317 e. The average Bonchev–Trinajstić information content (AvgIpc) is 2.95. The van der Waals surface area contributed by atoms with Crippen LogP contribution in [0.5, 0.6) is 0 Å². The highest BCUT2D eigenvalue weighted by atomic mass is 16.5. The lowest BCUT2D eigenvalue weighted by Crippen LogP contribution is -2.48. The number of methoxy groups -OCH3 is 1. The molecule has 1 aliphatic heterocycles. The van der Waals surface area contributed by atoms with Gasteiger partial charge < -0.3 is 20.1 Å². The lowest BCUT2D eigenvalue weighted by Gasteiger charge is -2.36. The fraction of sp³-hybridized carbons (Fsp3) is 0.867. The Morgan fingerprint density at radius 2 is 2.00 bits per heavy atom. The van der Waals surface area contributed by atoms with Crippen LogP contribution in [0.25, 0.3) is 0 Å². The van der Waals surface area contributed by atoms with Crippen molar-refractivity contribution < 1.29 is 19.4 Å². The van der Waals surface area contributed by atoms with Crippen molar-refractivity contribution >= 4 is 12.0 Å². The molecule has 120 valence electrons. The second-order valence-electron chi connectivity index (χ2n) is 6.52. The number of carboxylic acids is 1. The summed E-state index contributed by atoms with van der Waals surface area (Å²) < 4.78 is 5.24. The van der Waals surface area contributed by atoms with Gasteiger partial charge in [-0.2, -0.15) is 0 Å². The van der Waals surface area contributed by atoms with Crippen molar-refractivity contribution in [2.24, 2.45) is 11.3 Å². The van der Waals surface area contributed by atoms with Crippen molar-refractivity contribution in [3.63, 3.8) is 0 Å². The van der Waals surface area contributed by atoms with E-state index in [2.05, 4.69) is 12.2 Å². The van der Waals surface area contributed by atoms with Crippen LogP contribution in [-0.4, -0.2) is 54.9 Å². The molecule has 6 heteroatoms. The topological polar surface area (TPSA) is 78.9 Å².